The van der Waals surface area contributed by atoms with Gasteiger partial charge in [0.25, 0.3) is 0 Å². The highest BCUT2D eigenvalue weighted by Gasteiger charge is 2.38. The smallest absolute Gasteiger partial charge is 0.369 e. The minimum atomic E-state index is -4.26. The first-order valence-electron chi connectivity index (χ1n) is 19.5. The molecule has 0 heterocycles. The summed E-state index contributed by atoms with van der Waals surface area (Å²) in [4.78, 5) is 18.6. The summed E-state index contributed by atoms with van der Waals surface area (Å²) in [5.74, 6) is 0. The molecule has 0 aliphatic rings. The van der Waals surface area contributed by atoms with E-state index >= 15 is 0 Å². The molecule has 0 aliphatic carbocycles. The summed E-state index contributed by atoms with van der Waals surface area (Å²) in [5.41, 5.74) is 5.17. The van der Waals surface area contributed by atoms with Crippen LogP contribution in [0.15, 0.2) is 182 Å². The monoisotopic (exact) mass is 815 g/mol. The van der Waals surface area contributed by atoms with E-state index in [1.54, 1.807) is 0 Å². The van der Waals surface area contributed by atoms with Crippen molar-refractivity contribution in [1.82, 2.24) is 5.06 Å². The Balaban J connectivity index is 1.32. The molecule has 6 rings (SSSR count). The first kappa shape index (κ1) is 43.3. The number of hydrogen-bond acceptors (Lipinski definition) is 9. The van der Waals surface area contributed by atoms with Gasteiger partial charge in [-0.1, -0.05) is 182 Å². The zero-order valence-electron chi connectivity index (χ0n) is 32.9. The molecule has 0 saturated carbocycles. The first-order chi connectivity index (χ1) is 29.0. The van der Waals surface area contributed by atoms with Crippen LogP contribution in [0.5, 0.6) is 0 Å². The largest absolute Gasteiger partial charge is 0.475 e. The molecule has 59 heavy (non-hydrogen) atoms. The average Bonchev–Trinajstić information content (AvgIpc) is 3.30. The molecule has 0 bridgehead atoms. The quantitative estimate of drug-likeness (QED) is 0.0301. The minimum absolute atomic E-state index is 0.0216. The van der Waals surface area contributed by atoms with Crippen LogP contribution in [-0.2, 0) is 81.6 Å². The van der Waals surface area contributed by atoms with Gasteiger partial charge in [0.05, 0.1) is 46.2 Å². The molecule has 0 saturated heterocycles. The van der Waals surface area contributed by atoms with Crippen molar-refractivity contribution in [1.29, 1.82) is 0 Å². The van der Waals surface area contributed by atoms with E-state index in [4.69, 9.17) is 32.6 Å². The van der Waals surface area contributed by atoms with E-state index < -0.39 is 26.1 Å². The molecule has 6 aromatic carbocycles. The van der Waals surface area contributed by atoms with Gasteiger partial charge in [-0.15, -0.1) is 0 Å². The maximum absolute atomic E-state index is 14.6. The lowest BCUT2D eigenvalue weighted by molar-refractivity contribution is -0.210. The minimum Gasteiger partial charge on any atom is -0.369 e. The fourth-order valence-electron chi connectivity index (χ4n) is 6.03. The van der Waals surface area contributed by atoms with E-state index in [9.17, 15) is 9.36 Å². The number of hydroxylamine groups is 2. The number of nitrogens with zero attached hydrogens (tertiary/aromatic N) is 1. The van der Waals surface area contributed by atoms with Gasteiger partial charge in [-0.3, -0.25) is 23.2 Å². The Kier molecular flexibility index (Phi) is 17.6. The topological polar surface area (TPSA) is 102 Å². The summed E-state index contributed by atoms with van der Waals surface area (Å²) in [7, 11) is -4.26. The van der Waals surface area contributed by atoms with Gasteiger partial charge < -0.3 is 14.2 Å². The van der Waals surface area contributed by atoms with Gasteiger partial charge in [-0.05, 0) is 33.4 Å². The highest BCUT2D eigenvalue weighted by molar-refractivity contribution is 7.48. The number of carbonyl (C=O) groups is 1. The van der Waals surface area contributed by atoms with E-state index in [1.807, 2.05) is 182 Å². The van der Waals surface area contributed by atoms with Gasteiger partial charge in [0.2, 0.25) is 6.41 Å². The number of ether oxygens (including phenoxy) is 3. The van der Waals surface area contributed by atoms with Crippen LogP contribution in [0.25, 0.3) is 0 Å². The molecule has 10 nitrogen and oxygen atoms in total. The van der Waals surface area contributed by atoms with Crippen LogP contribution in [0.2, 0.25) is 0 Å². The molecule has 0 unspecified atom stereocenters. The number of rotatable bonds is 26. The van der Waals surface area contributed by atoms with Gasteiger partial charge in [0, 0.05) is 0 Å². The molecule has 3 atom stereocenters. The molecular formula is C48H50NO9P. The van der Waals surface area contributed by atoms with Crippen molar-refractivity contribution in [2.24, 2.45) is 0 Å². The highest BCUT2D eigenvalue weighted by atomic mass is 31.2. The lowest BCUT2D eigenvalue weighted by atomic mass is 10.1. The Hall–Kier alpha value is -5.26. The Morgan fingerprint density at radius 1 is 0.424 bits per heavy atom. The van der Waals surface area contributed by atoms with Crippen molar-refractivity contribution in [3.8, 4) is 0 Å². The van der Waals surface area contributed by atoms with Crippen LogP contribution in [0.4, 0.5) is 0 Å². The SMILES string of the molecule is O=CN(C[C@H](OCc1ccccc1)[C@H](OCc1ccccc1)[C@@H](COP(=O)(OCc1ccccc1)OCc1ccccc1)OCc1ccccc1)OCc1ccccc1. The lowest BCUT2D eigenvalue weighted by Crippen LogP contribution is -2.49. The predicted octanol–water partition coefficient (Wildman–Crippen LogP) is 9.89. The van der Waals surface area contributed by atoms with Crippen molar-refractivity contribution in [3.05, 3.63) is 215 Å². The van der Waals surface area contributed by atoms with E-state index in [-0.39, 0.29) is 52.8 Å². The number of benzene rings is 6. The molecule has 0 N–H and O–H groups in total. The molecule has 6 aromatic rings. The fraction of sp³-hybridized carbons (Fsp3) is 0.229. The molecule has 0 aliphatic heterocycles. The molecule has 0 spiro atoms. The van der Waals surface area contributed by atoms with Crippen molar-refractivity contribution in [2.75, 3.05) is 13.2 Å². The summed E-state index contributed by atoms with van der Waals surface area (Å²) >= 11 is 0. The third kappa shape index (κ3) is 15.1. The fourth-order valence-corrected chi connectivity index (χ4v) is 7.20. The number of hydrogen-bond donors (Lipinski definition) is 0. The zero-order valence-corrected chi connectivity index (χ0v) is 33.7. The number of phosphoric acid groups is 1. The van der Waals surface area contributed by atoms with Crippen LogP contribution >= 0.6 is 7.82 Å². The van der Waals surface area contributed by atoms with Gasteiger partial charge in [0.1, 0.15) is 24.9 Å². The average molecular weight is 816 g/mol. The Bertz CT molecular complexity index is 2040. The third-order valence-corrected chi connectivity index (χ3v) is 10.6. The second-order valence-electron chi connectivity index (χ2n) is 13.7. The van der Waals surface area contributed by atoms with Gasteiger partial charge >= 0.3 is 7.82 Å². The zero-order chi connectivity index (χ0) is 40.8. The van der Waals surface area contributed by atoms with E-state index in [0.717, 1.165) is 33.4 Å². The molecule has 0 radical (unpaired) electrons. The van der Waals surface area contributed by atoms with Gasteiger partial charge in [-0.2, -0.15) is 0 Å². The number of phosphoric ester groups is 1. The Labute approximate surface area is 346 Å². The summed E-state index contributed by atoms with van der Waals surface area (Å²) in [6.45, 7) is 0.294. The first-order valence-corrected chi connectivity index (χ1v) is 21.0. The summed E-state index contributed by atoms with van der Waals surface area (Å²) in [5, 5.41) is 1.20. The van der Waals surface area contributed by atoms with E-state index in [1.165, 1.54) is 5.06 Å². The highest BCUT2D eigenvalue weighted by Crippen LogP contribution is 2.51. The molecule has 0 aromatic heterocycles. The van der Waals surface area contributed by atoms with Crippen molar-refractivity contribution < 1.29 is 42.0 Å². The molecule has 1 amide bonds. The van der Waals surface area contributed by atoms with Gasteiger partial charge in [-0.25, -0.2) is 9.63 Å². The van der Waals surface area contributed by atoms with Crippen molar-refractivity contribution >= 4 is 14.2 Å². The van der Waals surface area contributed by atoms with Crippen LogP contribution in [0.1, 0.15) is 33.4 Å². The van der Waals surface area contributed by atoms with Crippen LogP contribution < -0.4 is 0 Å². The third-order valence-electron chi connectivity index (χ3n) is 9.21. The normalized spacial score (nSPS) is 13.0. The van der Waals surface area contributed by atoms with Crippen LogP contribution in [0.3, 0.4) is 0 Å². The molecule has 0 fully saturated rings. The standard InChI is InChI=1S/C48H50NO9P/c50-39-49(55-35-43-25-13-4-14-26-43)31-46(52-32-40-19-7-1-8-20-40)48(54-34-42-23-11-3-12-24-42)47(53-33-41-21-9-2-10-22-41)38-58-59(51,56-36-44-27-15-5-16-28-44)57-37-45-29-17-6-18-30-45/h1-30,39,46-48H,31-38H2/t46-,47+,48-/m0/s1. The number of amides is 1. The van der Waals surface area contributed by atoms with Crippen molar-refractivity contribution in [3.63, 3.8) is 0 Å². The van der Waals surface area contributed by atoms with E-state index in [2.05, 4.69) is 0 Å². The molecule has 306 valence electrons. The molecule has 11 heteroatoms. The maximum atomic E-state index is 14.6. The predicted molar refractivity (Wildman–Crippen MR) is 225 cm³/mol. The summed E-state index contributed by atoms with van der Waals surface area (Å²) in [6, 6.07) is 57.4. The lowest BCUT2D eigenvalue weighted by Gasteiger charge is -2.35. The summed E-state index contributed by atoms with van der Waals surface area (Å²) < 4.78 is 52.9. The Morgan fingerprint density at radius 3 is 1.15 bits per heavy atom. The van der Waals surface area contributed by atoms with Crippen molar-refractivity contribution in [2.45, 2.75) is 58.0 Å². The van der Waals surface area contributed by atoms with Crippen LogP contribution in [-0.4, -0.2) is 42.9 Å². The second kappa shape index (κ2) is 24.0. The van der Waals surface area contributed by atoms with Gasteiger partial charge in [0.15, 0.2) is 0 Å². The van der Waals surface area contributed by atoms with E-state index in [0.29, 0.717) is 6.41 Å². The van der Waals surface area contributed by atoms with Crippen LogP contribution in [0, 0.1) is 0 Å². The molecular weight excluding hydrogens is 765 g/mol. The number of carbonyl (C=O) groups excluding carboxylic acids is 1. The maximum Gasteiger partial charge on any atom is 0.475 e. The Morgan fingerprint density at radius 2 is 0.763 bits per heavy atom. The second-order valence-corrected chi connectivity index (χ2v) is 15.3. The summed E-state index contributed by atoms with van der Waals surface area (Å²) in [6.07, 6.45) is -2.08.